The lowest BCUT2D eigenvalue weighted by Crippen LogP contribution is -1.96. The van der Waals surface area contributed by atoms with E-state index >= 15 is 0 Å². The van der Waals surface area contributed by atoms with E-state index in [0.29, 0.717) is 5.82 Å². The summed E-state index contributed by atoms with van der Waals surface area (Å²) in [5.74, 6) is 0.668. The van der Waals surface area contributed by atoms with Gasteiger partial charge in [0.15, 0.2) is 5.82 Å². The fourth-order valence-electron chi connectivity index (χ4n) is 16.4. The molecule has 4 heteroatoms. The van der Waals surface area contributed by atoms with Crippen molar-refractivity contribution < 1.29 is 0 Å². The Morgan fingerprint density at radius 2 is 0.510 bits per heavy atom. The number of benzene rings is 15. The van der Waals surface area contributed by atoms with Crippen molar-refractivity contribution in [3.05, 3.63) is 352 Å². The first-order chi connectivity index (χ1) is 50.5. The van der Waals surface area contributed by atoms with Crippen LogP contribution in [0.1, 0.15) is 0 Å². The van der Waals surface area contributed by atoms with Crippen LogP contribution >= 0.6 is 0 Å². The highest BCUT2D eigenvalue weighted by Crippen LogP contribution is 2.54. The summed E-state index contributed by atoms with van der Waals surface area (Å²) in [6.45, 7) is 0. The van der Waals surface area contributed by atoms with Gasteiger partial charge in [0.05, 0.1) is 22.8 Å². The van der Waals surface area contributed by atoms with Gasteiger partial charge in [0.2, 0.25) is 0 Å². The Bertz CT molecular complexity index is 6480. The molecule has 0 bridgehead atoms. The number of hydrogen-bond donors (Lipinski definition) is 0. The average molecular weight is 1290 g/mol. The normalized spacial score (nSPS) is 11.9. The van der Waals surface area contributed by atoms with E-state index in [2.05, 4.69) is 327 Å². The number of fused-ring (bicyclic) bond motifs is 9. The standard InChI is InChI=1S/C98H58N4/c1-2-13-63(14-3-1)93-57-94(66-36-32-61(33-37-66)74-48-71-17-11-23-84-79-19-4-5-20-80(79)87(53-74)95(71)84)102-98(101-93)67-40-38-65(39-41-67)92-45-43-73(58-100-92)69-16-10-15-68(47-69)59-26-28-60(29-27-59)75-49-72-18-12-24-85-83-44-42-70(52-86(83)90(55-75)96(72)85)77-51-78-50-76(62-30-34-64(35-31-62)91-25-8-9-46-99-91)54-88-81-21-6-7-22-82(81)89(56-77)97(78)88/h1-58H. The van der Waals surface area contributed by atoms with Crippen molar-refractivity contribution in [3.8, 4) is 190 Å². The smallest absolute Gasteiger partial charge is 0.160 e. The molecular weight excluding hydrogens is 1230 g/mol. The molecule has 15 aromatic carbocycles. The van der Waals surface area contributed by atoms with Gasteiger partial charge in [-0.25, -0.2) is 9.97 Å². The second-order valence-corrected chi connectivity index (χ2v) is 27.2. The zero-order valence-electron chi connectivity index (χ0n) is 55.3. The lowest BCUT2D eigenvalue weighted by atomic mass is 9.91. The SMILES string of the molecule is c1ccc(-c2cc(-c3ccc(-c4cc5c6c(cccc6c4)-c4ccccc4-5)cc3)nc(-c3ccc(-c4ccc(-c5cccc(-c6ccc(-c7cc8c9c(cccc9c7)-c7ccc(-c9cc%10c%11c(cc(-c%12ccc(-c%13ccccn%13)cc%12)cc%11c9)-c9ccccc9-%10)cc7-8)cc6)c5)cn4)cc3)n2)cc1. The topological polar surface area (TPSA) is 51.6 Å². The minimum atomic E-state index is 0.668. The summed E-state index contributed by atoms with van der Waals surface area (Å²) in [4.78, 5) is 20.0. The van der Waals surface area contributed by atoms with E-state index < -0.39 is 0 Å². The summed E-state index contributed by atoms with van der Waals surface area (Å²) >= 11 is 0. The lowest BCUT2D eigenvalue weighted by Gasteiger charge is -2.13. The van der Waals surface area contributed by atoms with Gasteiger partial charge in [0.1, 0.15) is 0 Å². The first-order valence-electron chi connectivity index (χ1n) is 34.9. The van der Waals surface area contributed by atoms with Crippen LogP contribution < -0.4 is 0 Å². The molecule has 0 radical (unpaired) electrons. The molecule has 0 spiro atoms. The molecule has 470 valence electrons. The van der Waals surface area contributed by atoms with Crippen molar-refractivity contribution >= 4 is 32.3 Å². The maximum atomic E-state index is 5.23. The molecule has 0 aliphatic heterocycles. The quantitative estimate of drug-likeness (QED) is 0.129. The third-order valence-corrected chi connectivity index (χ3v) is 21.4. The summed E-state index contributed by atoms with van der Waals surface area (Å²) in [6.07, 6.45) is 3.84. The van der Waals surface area contributed by atoms with Crippen molar-refractivity contribution in [1.29, 1.82) is 0 Å². The number of rotatable bonds is 11. The summed E-state index contributed by atoms with van der Waals surface area (Å²) in [5.41, 5.74) is 38.3. The van der Waals surface area contributed by atoms with E-state index in [1.807, 2.05) is 30.6 Å². The number of aromatic nitrogens is 4. The number of pyridine rings is 2. The highest BCUT2D eigenvalue weighted by Gasteiger charge is 2.28. The van der Waals surface area contributed by atoms with Crippen LogP contribution in [-0.4, -0.2) is 19.9 Å². The molecule has 0 atom stereocenters. The summed E-state index contributed by atoms with van der Waals surface area (Å²) < 4.78 is 0. The molecule has 102 heavy (non-hydrogen) atoms. The summed E-state index contributed by atoms with van der Waals surface area (Å²) in [6, 6.07) is 124. The molecule has 0 amide bonds. The van der Waals surface area contributed by atoms with Gasteiger partial charge in [-0.2, -0.15) is 0 Å². The lowest BCUT2D eigenvalue weighted by molar-refractivity contribution is 1.18. The van der Waals surface area contributed by atoms with Crippen molar-refractivity contribution in [3.63, 3.8) is 0 Å². The Balaban J connectivity index is 0.538. The van der Waals surface area contributed by atoms with E-state index in [-0.39, 0.29) is 0 Å². The average Bonchev–Trinajstić information content (AvgIpc) is 1.58. The van der Waals surface area contributed by atoms with Crippen molar-refractivity contribution in [2.45, 2.75) is 0 Å². The third kappa shape index (κ3) is 9.53. The maximum Gasteiger partial charge on any atom is 0.160 e. The van der Waals surface area contributed by atoms with Gasteiger partial charge in [-0.15, -0.1) is 0 Å². The number of nitrogens with zero attached hydrogens (tertiary/aromatic N) is 4. The molecule has 3 heterocycles. The molecule has 18 aromatic rings. The van der Waals surface area contributed by atoms with Gasteiger partial charge >= 0.3 is 0 Å². The molecule has 3 aliphatic rings. The predicted molar refractivity (Wildman–Crippen MR) is 423 cm³/mol. The van der Waals surface area contributed by atoms with Gasteiger partial charge in [-0.1, -0.05) is 255 Å². The largest absolute Gasteiger partial charge is 0.256 e. The van der Waals surface area contributed by atoms with Crippen molar-refractivity contribution in [2.24, 2.45) is 0 Å². The van der Waals surface area contributed by atoms with Crippen LogP contribution in [0.5, 0.6) is 0 Å². The van der Waals surface area contributed by atoms with Gasteiger partial charge < -0.3 is 0 Å². The fourth-order valence-corrected chi connectivity index (χ4v) is 16.4. The minimum absolute atomic E-state index is 0.668. The maximum absolute atomic E-state index is 5.23. The first-order valence-corrected chi connectivity index (χ1v) is 34.9. The van der Waals surface area contributed by atoms with Crippen molar-refractivity contribution in [1.82, 2.24) is 19.9 Å². The molecule has 0 saturated heterocycles. The first kappa shape index (κ1) is 57.5. The molecular formula is C98H58N4. The summed E-state index contributed by atoms with van der Waals surface area (Å²) in [7, 11) is 0. The Morgan fingerprint density at radius 3 is 1.04 bits per heavy atom. The zero-order valence-corrected chi connectivity index (χ0v) is 55.3. The predicted octanol–water partition coefficient (Wildman–Crippen LogP) is 26.0. The van der Waals surface area contributed by atoms with E-state index in [9.17, 15) is 0 Å². The van der Waals surface area contributed by atoms with E-state index in [4.69, 9.17) is 15.0 Å². The van der Waals surface area contributed by atoms with Crippen LogP contribution in [-0.2, 0) is 0 Å². The highest BCUT2D eigenvalue weighted by atomic mass is 14.9. The minimum Gasteiger partial charge on any atom is -0.256 e. The van der Waals surface area contributed by atoms with Crippen LogP contribution in [0, 0.1) is 0 Å². The molecule has 4 nitrogen and oxygen atoms in total. The van der Waals surface area contributed by atoms with E-state index in [1.165, 1.54) is 138 Å². The van der Waals surface area contributed by atoms with Crippen LogP contribution in [0.15, 0.2) is 352 Å². The summed E-state index contributed by atoms with van der Waals surface area (Å²) in [5, 5.41) is 7.73. The van der Waals surface area contributed by atoms with Crippen LogP contribution in [0.25, 0.3) is 222 Å². The molecule has 0 fully saturated rings. The molecule has 0 N–H and O–H groups in total. The van der Waals surface area contributed by atoms with Gasteiger partial charge in [-0.3, -0.25) is 9.97 Å². The molecule has 0 saturated carbocycles. The monoisotopic (exact) mass is 1290 g/mol. The number of hydrogen-bond acceptors (Lipinski definition) is 4. The Kier molecular flexibility index (Phi) is 13.0. The molecule has 3 aliphatic carbocycles. The Morgan fingerprint density at radius 1 is 0.157 bits per heavy atom. The van der Waals surface area contributed by atoms with Gasteiger partial charge in [0, 0.05) is 45.8 Å². The molecule has 3 aromatic heterocycles. The highest BCUT2D eigenvalue weighted by molar-refractivity contribution is 6.20. The Labute approximate surface area is 590 Å². The molecule has 21 rings (SSSR count). The van der Waals surface area contributed by atoms with Crippen molar-refractivity contribution in [2.75, 3.05) is 0 Å². The zero-order chi connectivity index (χ0) is 66.9. The van der Waals surface area contributed by atoms with E-state index in [0.717, 1.165) is 78.4 Å². The second kappa shape index (κ2) is 23.0. The fraction of sp³-hybridized carbons (Fsp3) is 0. The van der Waals surface area contributed by atoms with Crippen LogP contribution in [0.2, 0.25) is 0 Å². The Hall–Kier alpha value is -13.5. The molecule has 0 unspecified atom stereocenters. The van der Waals surface area contributed by atoms with Crippen LogP contribution in [0.3, 0.4) is 0 Å². The van der Waals surface area contributed by atoms with Crippen LogP contribution in [0.4, 0.5) is 0 Å². The third-order valence-electron chi connectivity index (χ3n) is 21.4. The second-order valence-electron chi connectivity index (χ2n) is 27.2. The van der Waals surface area contributed by atoms with Gasteiger partial charge in [0.25, 0.3) is 0 Å². The van der Waals surface area contributed by atoms with E-state index in [1.54, 1.807) is 0 Å². The van der Waals surface area contributed by atoms with Gasteiger partial charge in [-0.05, 0) is 245 Å².